The number of piperidine rings is 1. The first kappa shape index (κ1) is 15.3. The molecular formula is C12H21N3O4. The smallest absolute Gasteiger partial charge is 0.319 e. The van der Waals surface area contributed by atoms with Gasteiger partial charge in [-0.1, -0.05) is 0 Å². The van der Waals surface area contributed by atoms with Crippen molar-refractivity contribution in [1.82, 2.24) is 15.1 Å². The zero-order chi connectivity index (χ0) is 14.4. The Bertz CT molecular complexity index is 359. The number of carboxylic acids is 1. The Balaban J connectivity index is 2.51. The first-order chi connectivity index (χ1) is 8.95. The summed E-state index contributed by atoms with van der Waals surface area (Å²) in [7, 11) is 3.16. The number of likely N-dealkylation sites (tertiary alicyclic amines) is 1. The van der Waals surface area contributed by atoms with Crippen LogP contribution in [0.15, 0.2) is 0 Å². The zero-order valence-corrected chi connectivity index (χ0v) is 11.4. The highest BCUT2D eigenvalue weighted by atomic mass is 16.4. The van der Waals surface area contributed by atoms with Crippen LogP contribution in [-0.4, -0.2) is 66.5 Å². The molecule has 0 spiro atoms. The summed E-state index contributed by atoms with van der Waals surface area (Å²) >= 11 is 0. The van der Waals surface area contributed by atoms with E-state index < -0.39 is 5.97 Å². The van der Waals surface area contributed by atoms with E-state index in [0.29, 0.717) is 13.1 Å². The maximum absolute atomic E-state index is 12.1. The summed E-state index contributed by atoms with van der Waals surface area (Å²) in [5, 5.41) is 11.2. The third kappa shape index (κ3) is 4.42. The van der Waals surface area contributed by atoms with E-state index in [0.717, 1.165) is 12.8 Å². The molecule has 1 fully saturated rings. The molecule has 7 heteroatoms. The predicted octanol–water partition coefficient (Wildman–Crippen LogP) is -0.0291. The molecule has 0 radical (unpaired) electrons. The lowest BCUT2D eigenvalue weighted by atomic mass is 9.97. The minimum atomic E-state index is -0.929. The van der Waals surface area contributed by atoms with E-state index in [1.807, 2.05) is 0 Å². The van der Waals surface area contributed by atoms with Crippen LogP contribution in [0.2, 0.25) is 0 Å². The number of hydrogen-bond donors (Lipinski definition) is 2. The number of rotatable bonds is 4. The summed E-state index contributed by atoms with van der Waals surface area (Å²) in [6.07, 6.45) is 1.49. The molecule has 1 saturated heterocycles. The SMILES string of the molecule is CNC(=O)C1CCCN(C(=O)N(C)CCC(=O)O)C1. The van der Waals surface area contributed by atoms with Crippen LogP contribution in [0.25, 0.3) is 0 Å². The molecule has 0 aliphatic carbocycles. The monoisotopic (exact) mass is 271 g/mol. The summed E-state index contributed by atoms with van der Waals surface area (Å²) < 4.78 is 0. The molecule has 0 aromatic carbocycles. The maximum atomic E-state index is 12.1. The van der Waals surface area contributed by atoms with E-state index in [9.17, 15) is 14.4 Å². The van der Waals surface area contributed by atoms with E-state index in [1.54, 1.807) is 19.0 Å². The fraction of sp³-hybridized carbons (Fsp3) is 0.750. The van der Waals surface area contributed by atoms with Gasteiger partial charge in [-0.2, -0.15) is 0 Å². The average molecular weight is 271 g/mol. The van der Waals surface area contributed by atoms with Gasteiger partial charge in [0.2, 0.25) is 5.91 Å². The number of carbonyl (C=O) groups is 3. The average Bonchev–Trinajstić information content (AvgIpc) is 2.43. The first-order valence-corrected chi connectivity index (χ1v) is 6.39. The fourth-order valence-electron chi connectivity index (χ4n) is 2.17. The standard InChI is InChI=1S/C12H21N3O4/c1-13-11(18)9-4-3-6-15(8-9)12(19)14(2)7-5-10(16)17/h9H,3-8H2,1-2H3,(H,13,18)(H,16,17). The van der Waals surface area contributed by atoms with Crippen molar-refractivity contribution in [1.29, 1.82) is 0 Å². The van der Waals surface area contributed by atoms with E-state index in [4.69, 9.17) is 5.11 Å². The van der Waals surface area contributed by atoms with Gasteiger partial charge in [-0.05, 0) is 12.8 Å². The Labute approximate surface area is 112 Å². The highest BCUT2D eigenvalue weighted by Gasteiger charge is 2.29. The largest absolute Gasteiger partial charge is 0.481 e. The van der Waals surface area contributed by atoms with Crippen molar-refractivity contribution in [2.45, 2.75) is 19.3 Å². The second kappa shape index (κ2) is 6.96. The third-order valence-electron chi connectivity index (χ3n) is 3.30. The van der Waals surface area contributed by atoms with Crippen LogP contribution in [0.5, 0.6) is 0 Å². The second-order valence-electron chi connectivity index (χ2n) is 4.75. The first-order valence-electron chi connectivity index (χ1n) is 6.39. The molecule has 1 aliphatic heterocycles. The summed E-state index contributed by atoms with van der Waals surface area (Å²) in [5.41, 5.74) is 0. The van der Waals surface area contributed by atoms with Crippen molar-refractivity contribution >= 4 is 17.9 Å². The molecular weight excluding hydrogens is 250 g/mol. The van der Waals surface area contributed by atoms with Crippen molar-refractivity contribution in [2.75, 3.05) is 33.7 Å². The molecule has 1 heterocycles. The Morgan fingerprint density at radius 3 is 2.68 bits per heavy atom. The van der Waals surface area contributed by atoms with Crippen LogP contribution in [-0.2, 0) is 9.59 Å². The van der Waals surface area contributed by atoms with Crippen molar-refractivity contribution < 1.29 is 19.5 Å². The molecule has 19 heavy (non-hydrogen) atoms. The Morgan fingerprint density at radius 1 is 1.42 bits per heavy atom. The molecule has 2 N–H and O–H groups in total. The van der Waals surface area contributed by atoms with E-state index in [2.05, 4.69) is 5.32 Å². The van der Waals surface area contributed by atoms with E-state index >= 15 is 0 Å². The van der Waals surface area contributed by atoms with Crippen LogP contribution in [0, 0.1) is 5.92 Å². The number of carbonyl (C=O) groups excluding carboxylic acids is 2. The minimum absolute atomic E-state index is 0.0503. The van der Waals surface area contributed by atoms with Gasteiger partial charge in [0.15, 0.2) is 0 Å². The summed E-state index contributed by atoms with van der Waals surface area (Å²) in [6.45, 7) is 1.19. The molecule has 1 atom stereocenters. The Hall–Kier alpha value is -1.79. The highest BCUT2D eigenvalue weighted by Crippen LogP contribution is 2.17. The van der Waals surface area contributed by atoms with Crippen molar-refractivity contribution in [3.05, 3.63) is 0 Å². The van der Waals surface area contributed by atoms with Gasteiger partial charge in [-0.15, -0.1) is 0 Å². The molecule has 0 aromatic rings. The molecule has 0 bridgehead atoms. The maximum Gasteiger partial charge on any atom is 0.319 e. The van der Waals surface area contributed by atoms with E-state index in [-0.39, 0.29) is 30.8 Å². The third-order valence-corrected chi connectivity index (χ3v) is 3.30. The molecule has 7 nitrogen and oxygen atoms in total. The van der Waals surface area contributed by atoms with Gasteiger partial charge in [-0.3, -0.25) is 9.59 Å². The molecule has 1 aliphatic rings. The minimum Gasteiger partial charge on any atom is -0.481 e. The summed E-state index contributed by atoms with van der Waals surface area (Å²) in [4.78, 5) is 37.2. The van der Waals surface area contributed by atoms with Gasteiger partial charge < -0.3 is 20.2 Å². The van der Waals surface area contributed by atoms with Crippen LogP contribution < -0.4 is 5.32 Å². The number of hydrogen-bond acceptors (Lipinski definition) is 3. The van der Waals surface area contributed by atoms with Crippen LogP contribution in [0.4, 0.5) is 4.79 Å². The Morgan fingerprint density at radius 2 is 2.11 bits per heavy atom. The number of urea groups is 1. The zero-order valence-electron chi connectivity index (χ0n) is 11.4. The van der Waals surface area contributed by atoms with Crippen LogP contribution in [0.1, 0.15) is 19.3 Å². The Kier molecular flexibility index (Phi) is 5.59. The lowest BCUT2D eigenvalue weighted by Gasteiger charge is -2.34. The topological polar surface area (TPSA) is 90.0 Å². The van der Waals surface area contributed by atoms with Gasteiger partial charge in [0.25, 0.3) is 0 Å². The predicted molar refractivity (Wildman–Crippen MR) is 68.6 cm³/mol. The fourth-order valence-corrected chi connectivity index (χ4v) is 2.17. The number of amides is 3. The molecule has 108 valence electrons. The normalized spacial score (nSPS) is 18.8. The molecule has 0 saturated carbocycles. The summed E-state index contributed by atoms with van der Waals surface area (Å²) in [5.74, 6) is -1.15. The molecule has 0 aromatic heterocycles. The quantitative estimate of drug-likeness (QED) is 0.751. The number of nitrogens with zero attached hydrogens (tertiary/aromatic N) is 2. The van der Waals surface area contributed by atoms with Crippen molar-refractivity contribution in [2.24, 2.45) is 5.92 Å². The van der Waals surface area contributed by atoms with E-state index in [1.165, 1.54) is 4.90 Å². The number of aliphatic carboxylic acids is 1. The van der Waals surface area contributed by atoms with Gasteiger partial charge in [-0.25, -0.2) is 4.79 Å². The van der Waals surface area contributed by atoms with Crippen molar-refractivity contribution in [3.63, 3.8) is 0 Å². The van der Waals surface area contributed by atoms with Gasteiger partial charge in [0.1, 0.15) is 0 Å². The molecule has 3 amide bonds. The van der Waals surface area contributed by atoms with Crippen LogP contribution >= 0.6 is 0 Å². The van der Waals surface area contributed by atoms with Crippen LogP contribution in [0.3, 0.4) is 0 Å². The van der Waals surface area contributed by atoms with Gasteiger partial charge in [0.05, 0.1) is 12.3 Å². The highest BCUT2D eigenvalue weighted by molar-refractivity contribution is 5.80. The number of nitrogens with one attached hydrogen (secondary N) is 1. The molecule has 1 rings (SSSR count). The molecule has 1 unspecified atom stereocenters. The number of carboxylic acid groups (broad SMARTS) is 1. The summed E-state index contributed by atoms with van der Waals surface area (Å²) in [6, 6.07) is -0.213. The van der Waals surface area contributed by atoms with Crippen molar-refractivity contribution in [3.8, 4) is 0 Å². The van der Waals surface area contributed by atoms with Gasteiger partial charge in [0, 0.05) is 33.7 Å². The second-order valence-corrected chi connectivity index (χ2v) is 4.75. The van der Waals surface area contributed by atoms with Gasteiger partial charge >= 0.3 is 12.0 Å². The lowest BCUT2D eigenvalue weighted by molar-refractivity contribution is -0.137. The lowest BCUT2D eigenvalue weighted by Crippen LogP contribution is -2.49.